The fraction of sp³-hybridized carbons (Fsp3) is 0.217. The van der Waals surface area contributed by atoms with Crippen molar-refractivity contribution >= 4 is 5.69 Å². The molecule has 7 heteroatoms. The Morgan fingerprint density at radius 3 is 2.07 bits per heavy atom. The number of aromatic nitrogens is 2. The zero-order chi connectivity index (χ0) is 21.2. The van der Waals surface area contributed by atoms with Crippen LogP contribution in [0.3, 0.4) is 0 Å². The minimum absolute atomic E-state index is 0. The van der Waals surface area contributed by atoms with Gasteiger partial charge in [-0.2, -0.15) is 0 Å². The van der Waals surface area contributed by atoms with E-state index < -0.39 is 0 Å². The van der Waals surface area contributed by atoms with Crippen LogP contribution < -0.4 is 0 Å². The SMILES string of the molecule is CC(O)CC(C)O.[C-]#[N+]c1ccc(-c2nccnc2-c2[c-]cc(C#N)cc2)cc1.[Ir]. The topological polar surface area (TPSA) is 94.4 Å². The molecule has 0 saturated heterocycles. The van der Waals surface area contributed by atoms with Gasteiger partial charge in [-0.1, -0.05) is 24.3 Å². The van der Waals surface area contributed by atoms with Crippen LogP contribution in [0.1, 0.15) is 25.8 Å². The van der Waals surface area contributed by atoms with Gasteiger partial charge >= 0.3 is 0 Å². The van der Waals surface area contributed by atoms with Crippen LogP contribution in [0, 0.1) is 24.0 Å². The molecule has 2 N–H and O–H groups in total. The molecule has 0 spiro atoms. The van der Waals surface area contributed by atoms with Crippen molar-refractivity contribution in [3.63, 3.8) is 0 Å². The molecule has 0 bridgehead atoms. The maximum atomic E-state index is 8.86. The third kappa shape index (κ3) is 7.48. The Hall–Kier alpha value is -2.93. The van der Waals surface area contributed by atoms with E-state index >= 15 is 0 Å². The van der Waals surface area contributed by atoms with Gasteiger partial charge in [-0.3, -0.25) is 4.98 Å². The summed E-state index contributed by atoms with van der Waals surface area (Å²) in [5, 5.41) is 26.0. The number of aliphatic hydroxyl groups excluding tert-OH is 2. The van der Waals surface area contributed by atoms with E-state index in [9.17, 15) is 0 Å². The molecule has 0 aliphatic heterocycles. The van der Waals surface area contributed by atoms with Crippen molar-refractivity contribution in [2.45, 2.75) is 32.5 Å². The standard InChI is InChI=1S/C18H9N4.C5H12O2.Ir/c1-20-16-8-6-15(7-9-16)18-17(21-10-11-22-18)14-4-2-13(12-19)3-5-14;1-4(6)3-5(2)7;/h2-4,6-11H;4-7H,3H2,1-2H3;/q-1;;. The molecule has 6 nitrogen and oxygen atoms in total. The monoisotopic (exact) mass is 578 g/mol. The van der Waals surface area contributed by atoms with Gasteiger partial charge in [0, 0.05) is 44.3 Å². The van der Waals surface area contributed by atoms with Crippen molar-refractivity contribution in [3.05, 3.63) is 77.9 Å². The van der Waals surface area contributed by atoms with Gasteiger partial charge in [-0.05, 0) is 31.4 Å². The van der Waals surface area contributed by atoms with Crippen molar-refractivity contribution < 1.29 is 30.3 Å². The van der Waals surface area contributed by atoms with E-state index in [4.69, 9.17) is 22.0 Å². The molecule has 0 aliphatic rings. The first kappa shape index (κ1) is 25.1. The smallest absolute Gasteiger partial charge is 0.187 e. The minimum atomic E-state index is -0.375. The van der Waals surface area contributed by atoms with Crippen LogP contribution in [0.2, 0.25) is 0 Å². The molecule has 1 radical (unpaired) electrons. The van der Waals surface area contributed by atoms with Crippen LogP contribution in [0.15, 0.2) is 54.9 Å². The zero-order valence-corrected chi connectivity index (χ0v) is 19.0. The molecular weight excluding hydrogens is 556 g/mol. The van der Waals surface area contributed by atoms with Gasteiger partial charge < -0.3 is 15.2 Å². The minimum Gasteiger partial charge on any atom is -0.393 e. The van der Waals surface area contributed by atoms with Crippen molar-refractivity contribution in [2.24, 2.45) is 0 Å². The van der Waals surface area contributed by atoms with Gasteiger partial charge in [-0.25, -0.2) is 10.1 Å². The third-order valence-electron chi connectivity index (χ3n) is 3.85. The first-order chi connectivity index (χ1) is 13.9. The van der Waals surface area contributed by atoms with Crippen LogP contribution in [0.4, 0.5) is 5.69 Å². The van der Waals surface area contributed by atoms with Crippen LogP contribution in [-0.4, -0.2) is 32.4 Å². The first-order valence-corrected chi connectivity index (χ1v) is 9.01. The van der Waals surface area contributed by atoms with Gasteiger partial charge in [0.1, 0.15) is 0 Å². The largest absolute Gasteiger partial charge is 0.393 e. The summed E-state index contributed by atoms with van der Waals surface area (Å²) in [4.78, 5) is 12.2. The number of hydrogen-bond donors (Lipinski definition) is 2. The average molecular weight is 578 g/mol. The van der Waals surface area contributed by atoms with Crippen LogP contribution >= 0.6 is 0 Å². The molecular formula is C23H21IrN4O2-. The Balaban J connectivity index is 0.000000489. The fourth-order valence-electron chi connectivity index (χ4n) is 2.58. The molecule has 30 heavy (non-hydrogen) atoms. The Kier molecular flexibility index (Phi) is 10.5. The normalized spacial score (nSPS) is 11.5. The van der Waals surface area contributed by atoms with Crippen molar-refractivity contribution in [2.75, 3.05) is 0 Å². The molecule has 3 rings (SSSR count). The molecule has 0 fully saturated rings. The summed E-state index contributed by atoms with van der Waals surface area (Å²) < 4.78 is 0. The quantitative estimate of drug-likeness (QED) is 0.454. The summed E-state index contributed by atoms with van der Waals surface area (Å²) in [5.74, 6) is 0. The van der Waals surface area contributed by atoms with Crippen molar-refractivity contribution in [3.8, 4) is 28.6 Å². The summed E-state index contributed by atoms with van der Waals surface area (Å²) in [6, 6.07) is 17.5. The van der Waals surface area contributed by atoms with E-state index in [-0.39, 0.29) is 32.3 Å². The van der Waals surface area contributed by atoms with E-state index in [0.717, 1.165) is 16.8 Å². The maximum Gasteiger partial charge on any atom is 0.187 e. The van der Waals surface area contributed by atoms with E-state index in [1.54, 1.807) is 56.6 Å². The van der Waals surface area contributed by atoms with Gasteiger partial charge in [0.25, 0.3) is 0 Å². The van der Waals surface area contributed by atoms with Crippen molar-refractivity contribution in [1.82, 2.24) is 9.97 Å². The number of nitriles is 1. The Labute approximate surface area is 190 Å². The van der Waals surface area contributed by atoms with Crippen molar-refractivity contribution in [1.29, 1.82) is 5.26 Å². The van der Waals surface area contributed by atoms with Crippen LogP contribution in [0.25, 0.3) is 27.4 Å². The second kappa shape index (κ2) is 12.6. The van der Waals surface area contributed by atoms with E-state index in [2.05, 4.69) is 26.9 Å². The Bertz CT molecular complexity index is 923. The Morgan fingerprint density at radius 2 is 1.63 bits per heavy atom. The molecule has 0 saturated carbocycles. The molecule has 0 amide bonds. The predicted octanol–water partition coefficient (Wildman–Crippen LogP) is 4.17. The number of nitrogens with zero attached hydrogens (tertiary/aromatic N) is 4. The maximum absolute atomic E-state index is 8.86. The predicted molar refractivity (Wildman–Crippen MR) is 111 cm³/mol. The molecule has 1 heterocycles. The fourth-order valence-corrected chi connectivity index (χ4v) is 2.58. The van der Waals surface area contributed by atoms with Gasteiger partial charge in [-0.15, -0.1) is 29.8 Å². The molecule has 3 aromatic rings. The summed E-state index contributed by atoms with van der Waals surface area (Å²) in [7, 11) is 0. The van der Waals surface area contributed by atoms with E-state index in [1.807, 2.05) is 12.1 Å². The molecule has 2 atom stereocenters. The molecule has 1 aromatic heterocycles. The van der Waals surface area contributed by atoms with Gasteiger partial charge in [0.15, 0.2) is 5.69 Å². The molecule has 0 aliphatic carbocycles. The molecule has 2 aromatic carbocycles. The zero-order valence-electron chi connectivity index (χ0n) is 16.6. The number of aliphatic hydroxyl groups is 2. The molecule has 155 valence electrons. The van der Waals surface area contributed by atoms with Crippen LogP contribution in [0.5, 0.6) is 0 Å². The second-order valence-corrected chi connectivity index (χ2v) is 6.45. The average Bonchev–Trinajstić information content (AvgIpc) is 2.73. The van der Waals surface area contributed by atoms with E-state index in [1.165, 1.54) is 0 Å². The first-order valence-electron chi connectivity index (χ1n) is 9.01. The molecule has 2 unspecified atom stereocenters. The summed E-state index contributed by atoms with van der Waals surface area (Å²) in [5.41, 5.74) is 4.21. The summed E-state index contributed by atoms with van der Waals surface area (Å²) in [6.07, 6.45) is 2.98. The van der Waals surface area contributed by atoms with Gasteiger partial charge in [0.05, 0.1) is 24.5 Å². The van der Waals surface area contributed by atoms with E-state index in [0.29, 0.717) is 23.4 Å². The van der Waals surface area contributed by atoms with Crippen LogP contribution in [-0.2, 0) is 20.1 Å². The third-order valence-corrected chi connectivity index (χ3v) is 3.85. The number of rotatable bonds is 4. The van der Waals surface area contributed by atoms with Gasteiger partial charge in [0.2, 0.25) is 0 Å². The second-order valence-electron chi connectivity index (χ2n) is 6.45. The summed E-state index contributed by atoms with van der Waals surface area (Å²) in [6.45, 7) is 10.3. The number of benzene rings is 2. The summed E-state index contributed by atoms with van der Waals surface area (Å²) >= 11 is 0. The number of hydrogen-bond acceptors (Lipinski definition) is 5. The Morgan fingerprint density at radius 1 is 1.03 bits per heavy atom.